The summed E-state index contributed by atoms with van der Waals surface area (Å²) in [7, 11) is 3.25. The largest absolute Gasteiger partial charge is 0.397 e. The quantitative estimate of drug-likeness (QED) is 0.679. The van der Waals surface area contributed by atoms with E-state index in [1.807, 2.05) is 0 Å². The van der Waals surface area contributed by atoms with Crippen LogP contribution in [0, 0.1) is 12.7 Å². The highest BCUT2D eigenvalue weighted by Gasteiger charge is 2.21. The molecule has 0 spiro atoms. The number of aryl methyl sites for hydroxylation is 1. The van der Waals surface area contributed by atoms with Gasteiger partial charge in [0.25, 0.3) is 5.91 Å². The van der Waals surface area contributed by atoms with E-state index >= 15 is 0 Å². The summed E-state index contributed by atoms with van der Waals surface area (Å²) in [5.74, 6) is -0.158. The number of aromatic nitrogens is 2. The maximum absolute atomic E-state index is 13.6. The molecule has 6 nitrogen and oxygen atoms in total. The first-order valence-corrected chi connectivity index (χ1v) is 8.04. The van der Waals surface area contributed by atoms with Crippen molar-refractivity contribution in [3.8, 4) is 11.3 Å². The summed E-state index contributed by atoms with van der Waals surface area (Å²) in [5, 5.41) is 6.06. The molecule has 3 aromatic rings. The van der Waals surface area contributed by atoms with Crippen molar-refractivity contribution in [1.82, 2.24) is 15.3 Å². The maximum Gasteiger partial charge on any atom is 0.263 e. The number of benzene rings is 1. The van der Waals surface area contributed by atoms with Gasteiger partial charge in [0, 0.05) is 19.7 Å². The third-order valence-corrected chi connectivity index (χ3v) is 4.77. The number of thiophene rings is 1. The van der Waals surface area contributed by atoms with Crippen LogP contribution in [-0.4, -0.2) is 30.0 Å². The smallest absolute Gasteiger partial charge is 0.263 e. The minimum Gasteiger partial charge on any atom is -0.397 e. The van der Waals surface area contributed by atoms with Gasteiger partial charge in [-0.2, -0.15) is 0 Å². The number of nitrogens with one attached hydrogen (secondary N) is 2. The molecular weight excluding hydrogens is 329 g/mol. The van der Waals surface area contributed by atoms with Gasteiger partial charge in [0.2, 0.25) is 5.95 Å². The summed E-state index contributed by atoms with van der Waals surface area (Å²) in [4.78, 5) is 21.8. The van der Waals surface area contributed by atoms with Crippen molar-refractivity contribution < 1.29 is 9.18 Å². The molecule has 124 valence electrons. The number of hydrogen-bond acceptors (Lipinski definition) is 6. The van der Waals surface area contributed by atoms with E-state index in [4.69, 9.17) is 5.73 Å². The summed E-state index contributed by atoms with van der Waals surface area (Å²) < 4.78 is 13.6. The van der Waals surface area contributed by atoms with E-state index in [1.165, 1.54) is 17.4 Å². The summed E-state index contributed by atoms with van der Waals surface area (Å²) in [6, 6.07) is 4.73. The highest BCUT2D eigenvalue weighted by molar-refractivity contribution is 7.21. The standard InChI is InChI=1S/C16H16FN5OS/c1-7-6-8(4-5-9(7)17)12-10-11(18)13(14(23)19-2)24-15(10)22-16(20-3)21-12/h4-6H,18H2,1-3H3,(H,19,23)(H,20,21,22). The molecule has 0 bridgehead atoms. The SMILES string of the molecule is CNC(=O)c1sc2nc(NC)nc(-c3ccc(F)c(C)c3)c2c1N. The molecule has 0 aliphatic rings. The molecule has 0 aliphatic carbocycles. The highest BCUT2D eigenvalue weighted by atomic mass is 32.1. The topological polar surface area (TPSA) is 92.9 Å². The van der Waals surface area contributed by atoms with Crippen molar-refractivity contribution in [1.29, 1.82) is 0 Å². The van der Waals surface area contributed by atoms with Crippen LogP contribution in [0.2, 0.25) is 0 Å². The first-order chi connectivity index (χ1) is 11.5. The number of amides is 1. The van der Waals surface area contributed by atoms with Gasteiger partial charge >= 0.3 is 0 Å². The number of nitrogen functional groups attached to an aromatic ring is 1. The predicted molar refractivity (Wildman–Crippen MR) is 94.9 cm³/mol. The Morgan fingerprint density at radius 1 is 1.29 bits per heavy atom. The number of fused-ring (bicyclic) bond motifs is 1. The molecule has 4 N–H and O–H groups in total. The van der Waals surface area contributed by atoms with Crippen molar-refractivity contribution in [2.24, 2.45) is 0 Å². The zero-order chi connectivity index (χ0) is 17.4. The number of nitrogens with two attached hydrogens (primary N) is 1. The van der Waals surface area contributed by atoms with E-state index < -0.39 is 0 Å². The lowest BCUT2D eigenvalue weighted by Crippen LogP contribution is -2.17. The normalized spacial score (nSPS) is 10.8. The number of nitrogens with zero attached hydrogens (tertiary/aromatic N) is 2. The first kappa shape index (κ1) is 16.1. The molecule has 0 unspecified atom stereocenters. The molecular formula is C16H16FN5OS. The van der Waals surface area contributed by atoms with Gasteiger partial charge in [-0.25, -0.2) is 14.4 Å². The van der Waals surface area contributed by atoms with Crippen LogP contribution in [0.3, 0.4) is 0 Å². The van der Waals surface area contributed by atoms with E-state index in [9.17, 15) is 9.18 Å². The highest BCUT2D eigenvalue weighted by Crippen LogP contribution is 2.39. The number of rotatable bonds is 3. The van der Waals surface area contributed by atoms with Gasteiger partial charge in [0.15, 0.2) is 0 Å². The van der Waals surface area contributed by atoms with Crippen LogP contribution in [0.1, 0.15) is 15.2 Å². The van der Waals surface area contributed by atoms with E-state index in [1.54, 1.807) is 33.2 Å². The minimum atomic E-state index is -0.290. The number of carbonyl (C=O) groups excluding carboxylic acids is 1. The Balaban J connectivity index is 2.34. The lowest BCUT2D eigenvalue weighted by molar-refractivity contribution is 0.0968. The second kappa shape index (κ2) is 6.04. The van der Waals surface area contributed by atoms with Crippen molar-refractivity contribution in [3.63, 3.8) is 0 Å². The monoisotopic (exact) mass is 345 g/mol. The molecule has 1 amide bonds. The fourth-order valence-electron chi connectivity index (χ4n) is 2.42. The van der Waals surface area contributed by atoms with Gasteiger partial charge in [-0.3, -0.25) is 4.79 Å². The molecule has 8 heteroatoms. The molecule has 0 saturated carbocycles. The third kappa shape index (κ3) is 2.54. The van der Waals surface area contributed by atoms with E-state index in [2.05, 4.69) is 20.6 Å². The number of carbonyl (C=O) groups is 1. The summed E-state index contributed by atoms with van der Waals surface area (Å²) in [5.41, 5.74) is 8.30. The van der Waals surface area contributed by atoms with Crippen molar-refractivity contribution >= 4 is 39.1 Å². The van der Waals surface area contributed by atoms with Gasteiger partial charge in [0.1, 0.15) is 15.5 Å². The Hall–Kier alpha value is -2.74. The summed E-state index contributed by atoms with van der Waals surface area (Å²) >= 11 is 1.20. The van der Waals surface area contributed by atoms with Crippen LogP contribution in [0.25, 0.3) is 21.5 Å². The van der Waals surface area contributed by atoms with Crippen molar-refractivity contribution in [2.75, 3.05) is 25.1 Å². The maximum atomic E-state index is 13.6. The van der Waals surface area contributed by atoms with E-state index in [0.29, 0.717) is 43.6 Å². The first-order valence-electron chi connectivity index (χ1n) is 7.22. The van der Waals surface area contributed by atoms with Gasteiger partial charge in [-0.05, 0) is 30.7 Å². The molecule has 1 aromatic carbocycles. The van der Waals surface area contributed by atoms with Gasteiger partial charge in [0.05, 0.1) is 16.8 Å². The van der Waals surface area contributed by atoms with Crippen molar-refractivity contribution in [3.05, 3.63) is 34.5 Å². The van der Waals surface area contributed by atoms with E-state index in [0.717, 1.165) is 0 Å². The number of halogens is 1. The zero-order valence-corrected chi connectivity index (χ0v) is 14.2. The Kier molecular flexibility index (Phi) is 4.06. The molecule has 0 fully saturated rings. The second-order valence-corrected chi connectivity index (χ2v) is 6.21. The van der Waals surface area contributed by atoms with Crippen LogP contribution in [0.15, 0.2) is 18.2 Å². The molecule has 0 saturated heterocycles. The number of anilines is 2. The molecule has 0 radical (unpaired) electrons. The number of hydrogen-bond donors (Lipinski definition) is 3. The van der Waals surface area contributed by atoms with E-state index in [-0.39, 0.29) is 11.7 Å². The van der Waals surface area contributed by atoms with Crippen molar-refractivity contribution in [2.45, 2.75) is 6.92 Å². The zero-order valence-electron chi connectivity index (χ0n) is 13.4. The molecule has 0 aliphatic heterocycles. The van der Waals surface area contributed by atoms with Gasteiger partial charge in [-0.1, -0.05) is 0 Å². The Morgan fingerprint density at radius 2 is 2.04 bits per heavy atom. The van der Waals surface area contributed by atoms with Gasteiger partial charge < -0.3 is 16.4 Å². The fraction of sp³-hybridized carbons (Fsp3) is 0.188. The lowest BCUT2D eigenvalue weighted by atomic mass is 10.0. The molecule has 2 aromatic heterocycles. The van der Waals surface area contributed by atoms with Crippen LogP contribution in [-0.2, 0) is 0 Å². The average molecular weight is 345 g/mol. The van der Waals surface area contributed by atoms with Crippen LogP contribution >= 0.6 is 11.3 Å². The third-order valence-electron chi connectivity index (χ3n) is 3.68. The van der Waals surface area contributed by atoms with Crippen LogP contribution in [0.4, 0.5) is 16.0 Å². The lowest BCUT2D eigenvalue weighted by Gasteiger charge is -2.08. The molecule has 2 heterocycles. The Bertz CT molecular complexity index is 953. The minimum absolute atomic E-state index is 0.275. The van der Waals surface area contributed by atoms with Gasteiger partial charge in [-0.15, -0.1) is 11.3 Å². The Morgan fingerprint density at radius 3 is 2.67 bits per heavy atom. The second-order valence-electron chi connectivity index (χ2n) is 5.21. The summed E-state index contributed by atoms with van der Waals surface area (Å²) in [6.45, 7) is 1.68. The fourth-order valence-corrected chi connectivity index (χ4v) is 3.46. The molecule has 0 atom stereocenters. The molecule has 3 rings (SSSR count). The average Bonchev–Trinajstić information content (AvgIpc) is 2.92. The Labute approximate surface area is 141 Å². The van der Waals surface area contributed by atoms with Crippen LogP contribution < -0.4 is 16.4 Å². The predicted octanol–water partition coefficient (Wildman–Crippen LogP) is 2.79. The molecule has 24 heavy (non-hydrogen) atoms. The van der Waals surface area contributed by atoms with Crippen LogP contribution in [0.5, 0.6) is 0 Å². The summed E-state index contributed by atoms with van der Waals surface area (Å²) in [6.07, 6.45) is 0.